The highest BCUT2D eigenvalue weighted by molar-refractivity contribution is 5.94. The van der Waals surface area contributed by atoms with Gasteiger partial charge in [0.05, 0.1) is 11.6 Å². The molecule has 1 amide bonds. The summed E-state index contributed by atoms with van der Waals surface area (Å²) in [7, 11) is 0. The molecule has 0 aromatic heterocycles. The molecule has 0 radical (unpaired) electrons. The van der Waals surface area contributed by atoms with E-state index in [1.807, 2.05) is 6.07 Å². The first kappa shape index (κ1) is 13.5. The zero-order chi connectivity index (χ0) is 13.5. The van der Waals surface area contributed by atoms with Crippen LogP contribution in [0, 0.1) is 11.3 Å². The van der Waals surface area contributed by atoms with E-state index in [0.29, 0.717) is 17.7 Å². The first-order chi connectivity index (χ1) is 9.29. The molecule has 19 heavy (non-hydrogen) atoms. The number of hydrogen-bond donors (Lipinski definition) is 2. The van der Waals surface area contributed by atoms with E-state index in [1.54, 1.807) is 24.3 Å². The van der Waals surface area contributed by atoms with E-state index in [1.165, 1.54) is 0 Å². The minimum absolute atomic E-state index is 0.0837. The Morgan fingerprint density at radius 1 is 1.32 bits per heavy atom. The second-order valence-electron chi connectivity index (χ2n) is 4.54. The van der Waals surface area contributed by atoms with Crippen molar-refractivity contribution in [3.05, 3.63) is 35.4 Å². The molecule has 0 bridgehead atoms. The fourth-order valence-electron chi connectivity index (χ4n) is 2.06. The number of carbonyl (C=O) groups excluding carboxylic acids is 1. The summed E-state index contributed by atoms with van der Waals surface area (Å²) in [6, 6.07) is 8.71. The van der Waals surface area contributed by atoms with Crippen molar-refractivity contribution in [2.45, 2.75) is 0 Å². The Hall–Kier alpha value is -1.90. The van der Waals surface area contributed by atoms with Crippen LogP contribution in [0.2, 0.25) is 0 Å². The van der Waals surface area contributed by atoms with Crippen molar-refractivity contribution in [3.63, 3.8) is 0 Å². The summed E-state index contributed by atoms with van der Waals surface area (Å²) in [5, 5.41) is 14.9. The Kier molecular flexibility index (Phi) is 4.90. The maximum atomic E-state index is 11.9. The molecule has 1 aliphatic rings. The van der Waals surface area contributed by atoms with Crippen molar-refractivity contribution in [3.8, 4) is 6.07 Å². The lowest BCUT2D eigenvalue weighted by molar-refractivity contribution is 0.0947. The number of nitrogens with one attached hydrogen (secondary N) is 2. The third kappa shape index (κ3) is 4.05. The molecule has 2 N–H and O–H groups in total. The van der Waals surface area contributed by atoms with Gasteiger partial charge in [0.2, 0.25) is 0 Å². The smallest absolute Gasteiger partial charge is 0.251 e. The molecule has 0 atom stereocenters. The van der Waals surface area contributed by atoms with Gasteiger partial charge in [-0.3, -0.25) is 9.69 Å². The maximum absolute atomic E-state index is 11.9. The van der Waals surface area contributed by atoms with Crippen LogP contribution < -0.4 is 10.6 Å². The number of amides is 1. The Morgan fingerprint density at radius 2 is 2.00 bits per heavy atom. The third-order valence-corrected chi connectivity index (χ3v) is 3.20. The second kappa shape index (κ2) is 6.88. The largest absolute Gasteiger partial charge is 0.351 e. The van der Waals surface area contributed by atoms with Crippen LogP contribution >= 0.6 is 0 Å². The minimum Gasteiger partial charge on any atom is -0.351 e. The van der Waals surface area contributed by atoms with Gasteiger partial charge in [0.25, 0.3) is 5.91 Å². The molecule has 2 rings (SSSR count). The van der Waals surface area contributed by atoms with E-state index in [4.69, 9.17) is 5.26 Å². The second-order valence-corrected chi connectivity index (χ2v) is 4.54. The molecule has 0 aliphatic carbocycles. The van der Waals surface area contributed by atoms with Gasteiger partial charge in [-0.25, -0.2) is 0 Å². The van der Waals surface area contributed by atoms with Crippen LogP contribution in [0.1, 0.15) is 15.9 Å². The number of hydrogen-bond acceptors (Lipinski definition) is 4. The molecule has 0 spiro atoms. The monoisotopic (exact) mass is 258 g/mol. The van der Waals surface area contributed by atoms with Gasteiger partial charge in [-0.2, -0.15) is 5.26 Å². The van der Waals surface area contributed by atoms with Gasteiger partial charge in [0, 0.05) is 44.8 Å². The standard InChI is InChI=1S/C14H18N4O/c15-11-12-1-3-13(4-2-12)14(19)17-7-10-18-8-5-16-6-9-18/h1-4,16H,5-10H2,(H,17,19). The van der Waals surface area contributed by atoms with Crippen molar-refractivity contribution in [1.29, 1.82) is 5.26 Å². The maximum Gasteiger partial charge on any atom is 0.251 e. The van der Waals surface area contributed by atoms with Crippen molar-refractivity contribution in [2.75, 3.05) is 39.3 Å². The van der Waals surface area contributed by atoms with Gasteiger partial charge in [-0.05, 0) is 24.3 Å². The zero-order valence-electron chi connectivity index (χ0n) is 10.9. The summed E-state index contributed by atoms with van der Waals surface area (Å²) in [6.45, 7) is 5.63. The average Bonchev–Trinajstić information content (AvgIpc) is 2.48. The Morgan fingerprint density at radius 3 is 2.63 bits per heavy atom. The van der Waals surface area contributed by atoms with E-state index in [0.717, 1.165) is 32.7 Å². The molecular formula is C14H18N4O. The van der Waals surface area contributed by atoms with Gasteiger partial charge in [-0.1, -0.05) is 0 Å². The van der Waals surface area contributed by atoms with Crippen molar-refractivity contribution >= 4 is 5.91 Å². The quantitative estimate of drug-likeness (QED) is 0.809. The Bertz CT molecular complexity index is 457. The van der Waals surface area contributed by atoms with Crippen LogP contribution in [0.5, 0.6) is 0 Å². The lowest BCUT2D eigenvalue weighted by Gasteiger charge is -2.27. The highest BCUT2D eigenvalue weighted by Crippen LogP contribution is 2.03. The Labute approximate surface area is 113 Å². The Balaban J connectivity index is 1.75. The summed E-state index contributed by atoms with van der Waals surface area (Å²) >= 11 is 0. The van der Waals surface area contributed by atoms with E-state index < -0.39 is 0 Å². The van der Waals surface area contributed by atoms with Crippen molar-refractivity contribution in [2.24, 2.45) is 0 Å². The van der Waals surface area contributed by atoms with Gasteiger partial charge in [0.15, 0.2) is 0 Å². The molecule has 1 saturated heterocycles. The third-order valence-electron chi connectivity index (χ3n) is 3.20. The topological polar surface area (TPSA) is 68.2 Å². The van der Waals surface area contributed by atoms with Crippen molar-refractivity contribution in [1.82, 2.24) is 15.5 Å². The molecule has 5 heteroatoms. The number of benzene rings is 1. The minimum atomic E-state index is -0.0837. The molecular weight excluding hydrogens is 240 g/mol. The van der Waals surface area contributed by atoms with Gasteiger partial charge < -0.3 is 10.6 Å². The molecule has 100 valence electrons. The predicted octanol–water partition coefficient (Wildman–Crippen LogP) is 0.193. The molecule has 0 saturated carbocycles. The normalized spacial score (nSPS) is 15.7. The van der Waals surface area contributed by atoms with E-state index in [9.17, 15) is 4.79 Å². The van der Waals surface area contributed by atoms with Crippen LogP contribution in [0.15, 0.2) is 24.3 Å². The summed E-state index contributed by atoms with van der Waals surface area (Å²) in [6.07, 6.45) is 0. The summed E-state index contributed by atoms with van der Waals surface area (Å²) < 4.78 is 0. The zero-order valence-corrected chi connectivity index (χ0v) is 10.9. The average molecular weight is 258 g/mol. The molecule has 0 unspecified atom stereocenters. The number of nitriles is 1. The van der Waals surface area contributed by atoms with Crippen LogP contribution in [-0.4, -0.2) is 50.1 Å². The van der Waals surface area contributed by atoms with Crippen LogP contribution in [-0.2, 0) is 0 Å². The van der Waals surface area contributed by atoms with Gasteiger partial charge in [0.1, 0.15) is 0 Å². The van der Waals surface area contributed by atoms with Crippen LogP contribution in [0.25, 0.3) is 0 Å². The number of rotatable bonds is 4. The molecule has 1 aromatic carbocycles. The van der Waals surface area contributed by atoms with E-state index in [-0.39, 0.29) is 5.91 Å². The molecule has 5 nitrogen and oxygen atoms in total. The SMILES string of the molecule is N#Cc1ccc(C(=O)NCCN2CCNCC2)cc1. The van der Waals surface area contributed by atoms with Crippen molar-refractivity contribution < 1.29 is 4.79 Å². The molecule has 1 heterocycles. The first-order valence-corrected chi connectivity index (χ1v) is 6.51. The molecule has 1 aromatic rings. The highest BCUT2D eigenvalue weighted by atomic mass is 16.1. The first-order valence-electron chi connectivity index (χ1n) is 6.51. The summed E-state index contributed by atoms with van der Waals surface area (Å²) in [4.78, 5) is 14.2. The molecule has 1 aliphatic heterocycles. The number of nitrogens with zero attached hydrogens (tertiary/aromatic N) is 2. The van der Waals surface area contributed by atoms with Gasteiger partial charge >= 0.3 is 0 Å². The summed E-state index contributed by atoms with van der Waals surface area (Å²) in [5.41, 5.74) is 1.16. The van der Waals surface area contributed by atoms with E-state index >= 15 is 0 Å². The van der Waals surface area contributed by atoms with E-state index in [2.05, 4.69) is 15.5 Å². The lowest BCUT2D eigenvalue weighted by atomic mass is 10.1. The number of carbonyl (C=O) groups is 1. The lowest BCUT2D eigenvalue weighted by Crippen LogP contribution is -2.46. The predicted molar refractivity (Wildman–Crippen MR) is 72.8 cm³/mol. The highest BCUT2D eigenvalue weighted by Gasteiger charge is 2.10. The number of piperazine rings is 1. The van der Waals surface area contributed by atoms with Crippen LogP contribution in [0.4, 0.5) is 0 Å². The fourth-order valence-corrected chi connectivity index (χ4v) is 2.06. The fraction of sp³-hybridized carbons (Fsp3) is 0.429. The van der Waals surface area contributed by atoms with Crippen LogP contribution in [0.3, 0.4) is 0 Å². The molecule has 1 fully saturated rings. The summed E-state index contributed by atoms with van der Waals surface area (Å²) in [5.74, 6) is -0.0837. The van der Waals surface area contributed by atoms with Gasteiger partial charge in [-0.15, -0.1) is 0 Å².